The first-order valence-corrected chi connectivity index (χ1v) is 8.30. The van der Waals surface area contributed by atoms with Crippen molar-refractivity contribution >= 4 is 0 Å². The molecule has 3 rings (SSSR count). The van der Waals surface area contributed by atoms with Crippen molar-refractivity contribution in [1.29, 1.82) is 0 Å². The van der Waals surface area contributed by atoms with E-state index in [0.29, 0.717) is 18.7 Å². The number of pyridine rings is 1. The van der Waals surface area contributed by atoms with E-state index in [0.717, 1.165) is 31.1 Å². The van der Waals surface area contributed by atoms with E-state index in [-0.39, 0.29) is 0 Å². The van der Waals surface area contributed by atoms with Crippen LogP contribution in [-0.2, 0) is 13.2 Å². The second-order valence-corrected chi connectivity index (χ2v) is 6.34. The molecule has 1 fully saturated rings. The van der Waals surface area contributed by atoms with Gasteiger partial charge in [0, 0.05) is 37.9 Å². The smallest absolute Gasteiger partial charge is 0.130 e. The number of nitrogens with zero attached hydrogens (tertiary/aromatic N) is 2. The van der Waals surface area contributed by atoms with Crippen molar-refractivity contribution in [3.8, 4) is 5.75 Å². The Balaban J connectivity index is 1.54. The van der Waals surface area contributed by atoms with Gasteiger partial charge in [-0.3, -0.25) is 9.88 Å². The van der Waals surface area contributed by atoms with Crippen LogP contribution in [0.4, 0.5) is 0 Å². The predicted molar refractivity (Wildman–Crippen MR) is 92.3 cm³/mol. The highest BCUT2D eigenvalue weighted by Crippen LogP contribution is 2.17. The van der Waals surface area contributed by atoms with Crippen molar-refractivity contribution in [2.45, 2.75) is 39.1 Å². The molecule has 0 amide bonds. The standard InChI is InChI=1S/C19H25N3O/c1-15-12-22(16(2)11-21-15)13-17-6-8-19(9-7-17)23-14-18-5-3-4-10-20-18/h3-10,15-16,21H,11-14H2,1-2H3. The number of benzene rings is 1. The first kappa shape index (κ1) is 16.0. The minimum atomic E-state index is 0.506. The summed E-state index contributed by atoms with van der Waals surface area (Å²) in [5.41, 5.74) is 2.27. The maximum absolute atomic E-state index is 5.79. The zero-order chi connectivity index (χ0) is 16.1. The van der Waals surface area contributed by atoms with Crippen LogP contribution in [0.25, 0.3) is 0 Å². The molecule has 23 heavy (non-hydrogen) atoms. The average molecular weight is 311 g/mol. The van der Waals surface area contributed by atoms with Gasteiger partial charge in [0.1, 0.15) is 12.4 Å². The fourth-order valence-corrected chi connectivity index (χ4v) is 2.88. The second kappa shape index (κ2) is 7.57. The van der Waals surface area contributed by atoms with E-state index in [2.05, 4.69) is 53.3 Å². The van der Waals surface area contributed by atoms with Crippen LogP contribution in [-0.4, -0.2) is 35.1 Å². The number of ether oxygens (including phenoxy) is 1. The Morgan fingerprint density at radius 2 is 2.00 bits per heavy atom. The molecule has 2 unspecified atom stereocenters. The van der Waals surface area contributed by atoms with Gasteiger partial charge in [-0.2, -0.15) is 0 Å². The summed E-state index contributed by atoms with van der Waals surface area (Å²) in [6.07, 6.45) is 1.79. The lowest BCUT2D eigenvalue weighted by atomic mass is 10.1. The number of rotatable bonds is 5. The summed E-state index contributed by atoms with van der Waals surface area (Å²) in [5.74, 6) is 0.890. The monoisotopic (exact) mass is 311 g/mol. The Morgan fingerprint density at radius 1 is 1.17 bits per heavy atom. The van der Waals surface area contributed by atoms with E-state index in [1.165, 1.54) is 5.56 Å². The fraction of sp³-hybridized carbons (Fsp3) is 0.421. The van der Waals surface area contributed by atoms with Crippen molar-refractivity contribution < 1.29 is 4.74 Å². The SMILES string of the molecule is CC1CN(Cc2ccc(OCc3ccccn3)cc2)C(C)CN1. The minimum absolute atomic E-state index is 0.506. The minimum Gasteiger partial charge on any atom is -0.487 e. The van der Waals surface area contributed by atoms with E-state index in [1.807, 2.05) is 18.2 Å². The quantitative estimate of drug-likeness (QED) is 0.921. The van der Waals surface area contributed by atoms with Crippen LogP contribution in [0, 0.1) is 0 Å². The predicted octanol–water partition coefficient (Wildman–Crippen LogP) is 2.84. The van der Waals surface area contributed by atoms with Gasteiger partial charge in [0.2, 0.25) is 0 Å². The zero-order valence-electron chi connectivity index (χ0n) is 13.9. The molecule has 2 atom stereocenters. The maximum atomic E-state index is 5.79. The number of piperazine rings is 1. The largest absolute Gasteiger partial charge is 0.487 e. The Labute approximate surface area is 138 Å². The lowest BCUT2D eigenvalue weighted by Crippen LogP contribution is -2.53. The molecule has 2 heterocycles. The third kappa shape index (κ3) is 4.53. The molecule has 0 aliphatic carbocycles. The molecule has 122 valence electrons. The highest BCUT2D eigenvalue weighted by Gasteiger charge is 2.21. The van der Waals surface area contributed by atoms with E-state index in [4.69, 9.17) is 4.74 Å². The Hall–Kier alpha value is -1.91. The number of hydrogen-bond donors (Lipinski definition) is 1. The van der Waals surface area contributed by atoms with Gasteiger partial charge in [0.25, 0.3) is 0 Å². The molecular formula is C19H25N3O. The molecule has 1 aromatic heterocycles. The first-order chi connectivity index (χ1) is 11.2. The van der Waals surface area contributed by atoms with Gasteiger partial charge in [0.15, 0.2) is 0 Å². The molecule has 1 aromatic carbocycles. The molecule has 1 N–H and O–H groups in total. The lowest BCUT2D eigenvalue weighted by molar-refractivity contribution is 0.139. The van der Waals surface area contributed by atoms with Crippen molar-refractivity contribution in [3.05, 3.63) is 59.9 Å². The van der Waals surface area contributed by atoms with E-state index < -0.39 is 0 Å². The highest BCUT2D eigenvalue weighted by molar-refractivity contribution is 5.27. The lowest BCUT2D eigenvalue weighted by Gasteiger charge is -2.37. The topological polar surface area (TPSA) is 37.4 Å². The summed E-state index contributed by atoms with van der Waals surface area (Å²) in [6.45, 7) is 8.18. The van der Waals surface area contributed by atoms with E-state index in [9.17, 15) is 0 Å². The van der Waals surface area contributed by atoms with Crippen molar-refractivity contribution in [2.24, 2.45) is 0 Å². The van der Waals surface area contributed by atoms with Crippen LogP contribution in [0.2, 0.25) is 0 Å². The van der Waals surface area contributed by atoms with Crippen LogP contribution in [0.15, 0.2) is 48.7 Å². The van der Waals surface area contributed by atoms with Gasteiger partial charge in [0.05, 0.1) is 5.69 Å². The van der Waals surface area contributed by atoms with Gasteiger partial charge in [-0.1, -0.05) is 18.2 Å². The fourth-order valence-electron chi connectivity index (χ4n) is 2.88. The molecule has 0 spiro atoms. The molecule has 4 nitrogen and oxygen atoms in total. The van der Waals surface area contributed by atoms with Crippen LogP contribution in [0.5, 0.6) is 5.75 Å². The summed E-state index contributed by atoms with van der Waals surface area (Å²) in [6, 6.07) is 15.4. The van der Waals surface area contributed by atoms with Crippen LogP contribution < -0.4 is 10.1 Å². The summed E-state index contributed by atoms with van der Waals surface area (Å²) in [4.78, 5) is 6.80. The first-order valence-electron chi connectivity index (χ1n) is 8.30. The Morgan fingerprint density at radius 3 is 2.74 bits per heavy atom. The van der Waals surface area contributed by atoms with Gasteiger partial charge in [-0.25, -0.2) is 0 Å². The van der Waals surface area contributed by atoms with Gasteiger partial charge >= 0.3 is 0 Å². The van der Waals surface area contributed by atoms with Crippen molar-refractivity contribution in [3.63, 3.8) is 0 Å². The molecule has 2 aromatic rings. The third-order valence-electron chi connectivity index (χ3n) is 4.32. The van der Waals surface area contributed by atoms with Gasteiger partial charge in [-0.15, -0.1) is 0 Å². The Bertz CT molecular complexity index is 600. The van der Waals surface area contributed by atoms with Crippen LogP contribution in [0.1, 0.15) is 25.1 Å². The van der Waals surface area contributed by atoms with Gasteiger partial charge in [-0.05, 0) is 43.7 Å². The molecule has 1 saturated heterocycles. The maximum Gasteiger partial charge on any atom is 0.130 e. The zero-order valence-corrected chi connectivity index (χ0v) is 13.9. The van der Waals surface area contributed by atoms with E-state index >= 15 is 0 Å². The molecule has 1 aliphatic heterocycles. The summed E-state index contributed by atoms with van der Waals surface area (Å²) in [5, 5.41) is 3.52. The van der Waals surface area contributed by atoms with Crippen molar-refractivity contribution in [1.82, 2.24) is 15.2 Å². The van der Waals surface area contributed by atoms with Crippen LogP contribution >= 0.6 is 0 Å². The van der Waals surface area contributed by atoms with Crippen LogP contribution in [0.3, 0.4) is 0 Å². The highest BCUT2D eigenvalue weighted by atomic mass is 16.5. The van der Waals surface area contributed by atoms with E-state index in [1.54, 1.807) is 6.20 Å². The number of nitrogens with one attached hydrogen (secondary N) is 1. The molecule has 0 bridgehead atoms. The normalized spacial score (nSPS) is 22.0. The number of hydrogen-bond acceptors (Lipinski definition) is 4. The molecule has 4 heteroatoms. The molecular weight excluding hydrogens is 286 g/mol. The molecule has 1 aliphatic rings. The van der Waals surface area contributed by atoms with Gasteiger partial charge < -0.3 is 10.1 Å². The summed E-state index contributed by atoms with van der Waals surface area (Å²) < 4.78 is 5.79. The summed E-state index contributed by atoms with van der Waals surface area (Å²) in [7, 11) is 0. The summed E-state index contributed by atoms with van der Waals surface area (Å²) >= 11 is 0. The molecule has 0 radical (unpaired) electrons. The third-order valence-corrected chi connectivity index (χ3v) is 4.32. The average Bonchev–Trinajstić information content (AvgIpc) is 2.58. The Kier molecular flexibility index (Phi) is 5.26. The molecule has 0 saturated carbocycles. The van der Waals surface area contributed by atoms with Crippen molar-refractivity contribution in [2.75, 3.05) is 13.1 Å². The number of aromatic nitrogens is 1. The second-order valence-electron chi connectivity index (χ2n) is 6.34.